The molecular weight excluding hydrogens is 294 g/mol. The fourth-order valence-corrected chi connectivity index (χ4v) is 14.1. The van der Waals surface area contributed by atoms with Crippen molar-refractivity contribution in [2.45, 2.75) is 38.3 Å². The van der Waals surface area contributed by atoms with Crippen molar-refractivity contribution in [2.24, 2.45) is 5.92 Å². The van der Waals surface area contributed by atoms with Crippen molar-refractivity contribution in [3.63, 3.8) is 0 Å². The third-order valence-electron chi connectivity index (χ3n) is 5.41. The molecule has 0 heterocycles. The van der Waals surface area contributed by atoms with Gasteiger partial charge >= 0.3 is 137 Å². The SMILES string of the molecule is CC[N](C)[Ti]([N](C)CC)([N](C)CC)[C]1(C(C)C)C=CC=C1. The van der Waals surface area contributed by atoms with Gasteiger partial charge in [0, 0.05) is 0 Å². The van der Waals surface area contributed by atoms with Gasteiger partial charge < -0.3 is 0 Å². The van der Waals surface area contributed by atoms with Crippen LogP contribution in [0, 0.1) is 5.92 Å². The van der Waals surface area contributed by atoms with Crippen LogP contribution in [-0.4, -0.2) is 50.9 Å². The predicted octanol–water partition coefficient (Wildman–Crippen LogP) is 3.68. The minimum atomic E-state index is -2.73. The Morgan fingerprint density at radius 1 is 0.810 bits per heavy atom. The molecule has 0 aromatic carbocycles. The fraction of sp³-hybridized carbons (Fsp3) is 0.765. The first kappa shape index (κ1) is 19.1. The second-order valence-electron chi connectivity index (χ2n) is 6.48. The molecule has 21 heavy (non-hydrogen) atoms. The van der Waals surface area contributed by atoms with Crippen molar-refractivity contribution in [1.29, 1.82) is 0 Å². The van der Waals surface area contributed by atoms with E-state index in [2.05, 4.69) is 90.2 Å². The van der Waals surface area contributed by atoms with Gasteiger partial charge in [-0.3, -0.25) is 0 Å². The Balaban J connectivity index is 3.62. The molecule has 3 nitrogen and oxygen atoms in total. The van der Waals surface area contributed by atoms with E-state index in [4.69, 9.17) is 0 Å². The van der Waals surface area contributed by atoms with Gasteiger partial charge in [0.05, 0.1) is 0 Å². The van der Waals surface area contributed by atoms with Gasteiger partial charge in [-0.05, 0) is 0 Å². The monoisotopic (exact) mass is 329 g/mol. The molecule has 1 rings (SSSR count). The summed E-state index contributed by atoms with van der Waals surface area (Å²) in [5.74, 6) is 0.601. The molecule has 0 amide bonds. The Morgan fingerprint density at radius 2 is 1.14 bits per heavy atom. The Hall–Kier alpha value is 0.0743. The van der Waals surface area contributed by atoms with Crippen molar-refractivity contribution in [3.8, 4) is 0 Å². The van der Waals surface area contributed by atoms with Crippen LogP contribution >= 0.6 is 0 Å². The van der Waals surface area contributed by atoms with E-state index in [1.54, 1.807) is 0 Å². The van der Waals surface area contributed by atoms with Crippen LogP contribution in [0.1, 0.15) is 34.6 Å². The maximum absolute atomic E-state index is 2.73. The summed E-state index contributed by atoms with van der Waals surface area (Å²) in [6, 6.07) is 0. The third kappa shape index (κ3) is 2.84. The molecule has 0 fully saturated rings. The molecule has 0 spiro atoms. The molecule has 0 atom stereocenters. The van der Waals surface area contributed by atoms with Gasteiger partial charge in [-0.15, -0.1) is 0 Å². The Labute approximate surface area is 137 Å². The molecule has 0 saturated heterocycles. The fourth-order valence-electron chi connectivity index (χ4n) is 4.01. The van der Waals surface area contributed by atoms with Crippen LogP contribution in [-0.2, 0) is 17.4 Å². The average Bonchev–Trinajstić information content (AvgIpc) is 2.97. The summed E-state index contributed by atoms with van der Waals surface area (Å²) in [6.45, 7) is 15.0. The topological polar surface area (TPSA) is 9.72 Å². The summed E-state index contributed by atoms with van der Waals surface area (Å²) in [7, 11) is 7.01. The van der Waals surface area contributed by atoms with Crippen LogP contribution in [0.3, 0.4) is 0 Å². The van der Waals surface area contributed by atoms with E-state index in [1.165, 1.54) is 0 Å². The summed E-state index contributed by atoms with van der Waals surface area (Å²) in [5.41, 5.74) is 0. The van der Waals surface area contributed by atoms with E-state index < -0.39 is 17.4 Å². The summed E-state index contributed by atoms with van der Waals surface area (Å²) in [5, 5.41) is 0. The Kier molecular flexibility index (Phi) is 6.89. The van der Waals surface area contributed by atoms with Gasteiger partial charge in [0.25, 0.3) is 0 Å². The summed E-state index contributed by atoms with van der Waals surface area (Å²) < 4.78 is 8.24. The maximum atomic E-state index is 2.69. The summed E-state index contributed by atoms with van der Waals surface area (Å²) in [4.78, 5) is 0. The number of allylic oxidation sites excluding steroid dienone is 4. The van der Waals surface area contributed by atoms with E-state index in [9.17, 15) is 0 Å². The second kappa shape index (κ2) is 7.56. The van der Waals surface area contributed by atoms with E-state index in [0.717, 1.165) is 19.6 Å². The van der Waals surface area contributed by atoms with Crippen molar-refractivity contribution in [1.82, 2.24) is 10.1 Å². The van der Waals surface area contributed by atoms with Gasteiger partial charge in [-0.25, -0.2) is 0 Å². The van der Waals surface area contributed by atoms with E-state index >= 15 is 0 Å². The van der Waals surface area contributed by atoms with Crippen molar-refractivity contribution in [2.75, 3.05) is 40.8 Å². The van der Waals surface area contributed by atoms with E-state index in [1.807, 2.05) is 0 Å². The molecular formula is C17H35N3Ti. The summed E-state index contributed by atoms with van der Waals surface area (Å²) >= 11 is -2.73. The molecule has 0 aromatic heterocycles. The van der Waals surface area contributed by atoms with Crippen LogP contribution in [0.2, 0.25) is 3.72 Å². The molecule has 1 aliphatic carbocycles. The van der Waals surface area contributed by atoms with E-state index in [0.29, 0.717) is 5.92 Å². The zero-order valence-corrected chi connectivity index (χ0v) is 16.9. The predicted molar refractivity (Wildman–Crippen MR) is 90.7 cm³/mol. The van der Waals surface area contributed by atoms with Crippen molar-refractivity contribution >= 4 is 0 Å². The first-order valence-corrected chi connectivity index (χ1v) is 11.2. The second-order valence-corrected chi connectivity index (χ2v) is 13.4. The van der Waals surface area contributed by atoms with Crippen LogP contribution in [0.5, 0.6) is 0 Å². The summed E-state index contributed by atoms with van der Waals surface area (Å²) in [6.07, 6.45) is 9.50. The van der Waals surface area contributed by atoms with Crippen LogP contribution < -0.4 is 0 Å². The molecule has 0 saturated carbocycles. The normalized spacial score (nSPS) is 17.9. The van der Waals surface area contributed by atoms with E-state index in [-0.39, 0.29) is 3.72 Å². The van der Waals surface area contributed by atoms with Crippen molar-refractivity contribution in [3.05, 3.63) is 24.3 Å². The number of hydrogen-bond donors (Lipinski definition) is 0. The number of rotatable bonds is 8. The quantitative estimate of drug-likeness (QED) is 0.629. The molecule has 0 aromatic rings. The van der Waals surface area contributed by atoms with Crippen molar-refractivity contribution < 1.29 is 17.4 Å². The average molecular weight is 329 g/mol. The third-order valence-corrected chi connectivity index (χ3v) is 15.1. The van der Waals surface area contributed by atoms with Gasteiger partial charge in [-0.2, -0.15) is 0 Å². The van der Waals surface area contributed by atoms with Crippen LogP contribution in [0.25, 0.3) is 0 Å². The molecule has 122 valence electrons. The minimum absolute atomic E-state index is 0.181. The zero-order chi connectivity index (χ0) is 16.3. The van der Waals surface area contributed by atoms with Crippen LogP contribution in [0.4, 0.5) is 0 Å². The Morgan fingerprint density at radius 3 is 1.38 bits per heavy atom. The Bertz CT molecular complexity index is 351. The number of hydrogen-bond acceptors (Lipinski definition) is 3. The molecule has 0 aliphatic heterocycles. The molecule has 1 aliphatic rings. The van der Waals surface area contributed by atoms with Gasteiger partial charge in [0.2, 0.25) is 0 Å². The number of nitrogens with zero attached hydrogens (tertiary/aromatic N) is 3. The molecule has 0 bridgehead atoms. The van der Waals surface area contributed by atoms with Gasteiger partial charge in [0.15, 0.2) is 0 Å². The first-order valence-electron chi connectivity index (χ1n) is 8.35. The first-order chi connectivity index (χ1) is 9.84. The standard InChI is InChI=1S/C8H11.3C3H8N.Ti/c1-7(2)8-5-3-4-6-8;3*1-3-4-2;/h3-7H,1-2H3;3*3H2,1-2H3;/q;3*-1;+3. The van der Waals surface area contributed by atoms with Crippen LogP contribution in [0.15, 0.2) is 24.3 Å². The van der Waals surface area contributed by atoms with Gasteiger partial charge in [0.1, 0.15) is 0 Å². The molecule has 4 heteroatoms. The van der Waals surface area contributed by atoms with Gasteiger partial charge in [-0.1, -0.05) is 0 Å². The molecule has 0 unspecified atom stereocenters. The molecule has 0 radical (unpaired) electrons. The molecule has 0 N–H and O–H groups in total. The zero-order valence-electron chi connectivity index (χ0n) is 15.3.